The molecule has 104 valence electrons. The molecule has 4 heteroatoms. The standard InChI is InChI=1S/C15H23N3S/c1-4-6-15(16-5-2)13-7-8-18(10-13)11-14-9-17-12(3)19-14/h7-10,15-16H,4-6,11H2,1-3H3. The van der Waals surface area contributed by atoms with E-state index in [9.17, 15) is 0 Å². The Morgan fingerprint density at radius 1 is 1.42 bits per heavy atom. The molecule has 0 bridgehead atoms. The minimum atomic E-state index is 0.486. The number of aryl methyl sites for hydroxylation is 1. The first-order chi connectivity index (χ1) is 9.22. The largest absolute Gasteiger partial charge is 0.349 e. The number of thiazole rings is 1. The van der Waals surface area contributed by atoms with Crippen LogP contribution in [-0.2, 0) is 6.54 Å². The molecule has 0 amide bonds. The van der Waals surface area contributed by atoms with E-state index in [0.717, 1.165) is 18.1 Å². The molecular formula is C15H23N3S. The number of aromatic nitrogens is 2. The van der Waals surface area contributed by atoms with Crippen LogP contribution in [0, 0.1) is 6.92 Å². The van der Waals surface area contributed by atoms with Crippen molar-refractivity contribution in [2.75, 3.05) is 6.54 Å². The molecule has 0 radical (unpaired) electrons. The molecule has 1 unspecified atom stereocenters. The van der Waals surface area contributed by atoms with Gasteiger partial charge in [0.25, 0.3) is 0 Å². The summed E-state index contributed by atoms with van der Waals surface area (Å²) in [6.07, 6.45) is 8.81. The maximum Gasteiger partial charge on any atom is 0.0897 e. The lowest BCUT2D eigenvalue weighted by Gasteiger charge is -2.15. The topological polar surface area (TPSA) is 29.9 Å². The molecule has 2 aromatic heterocycles. The lowest BCUT2D eigenvalue weighted by molar-refractivity contribution is 0.508. The van der Waals surface area contributed by atoms with Gasteiger partial charge in [-0.2, -0.15) is 0 Å². The van der Waals surface area contributed by atoms with Crippen LogP contribution in [0.4, 0.5) is 0 Å². The Morgan fingerprint density at radius 3 is 2.89 bits per heavy atom. The molecule has 0 aromatic carbocycles. The maximum absolute atomic E-state index is 4.31. The van der Waals surface area contributed by atoms with Crippen molar-refractivity contribution in [3.8, 4) is 0 Å². The summed E-state index contributed by atoms with van der Waals surface area (Å²) >= 11 is 1.77. The van der Waals surface area contributed by atoms with E-state index in [4.69, 9.17) is 0 Å². The summed E-state index contributed by atoms with van der Waals surface area (Å²) in [4.78, 5) is 5.62. The van der Waals surface area contributed by atoms with Crippen molar-refractivity contribution in [3.05, 3.63) is 40.1 Å². The molecule has 1 atom stereocenters. The first-order valence-electron chi connectivity index (χ1n) is 7.03. The Balaban J connectivity index is 2.04. The molecule has 0 aliphatic rings. The summed E-state index contributed by atoms with van der Waals surface area (Å²) in [6.45, 7) is 8.40. The van der Waals surface area contributed by atoms with Gasteiger partial charge in [0.1, 0.15) is 0 Å². The average molecular weight is 277 g/mol. The predicted octanol–water partition coefficient (Wildman–Crippen LogP) is 3.75. The van der Waals surface area contributed by atoms with Crippen LogP contribution < -0.4 is 5.32 Å². The van der Waals surface area contributed by atoms with Gasteiger partial charge in [-0.3, -0.25) is 0 Å². The number of rotatable bonds is 7. The van der Waals surface area contributed by atoms with Crippen LogP contribution in [0.25, 0.3) is 0 Å². The zero-order chi connectivity index (χ0) is 13.7. The first kappa shape index (κ1) is 14.3. The Labute approximate surface area is 119 Å². The Bertz CT molecular complexity index is 495. The molecular weight excluding hydrogens is 254 g/mol. The molecule has 0 spiro atoms. The van der Waals surface area contributed by atoms with Gasteiger partial charge in [-0.1, -0.05) is 20.3 Å². The number of nitrogens with one attached hydrogen (secondary N) is 1. The van der Waals surface area contributed by atoms with Gasteiger partial charge in [0, 0.05) is 29.5 Å². The van der Waals surface area contributed by atoms with Crippen molar-refractivity contribution in [3.63, 3.8) is 0 Å². The van der Waals surface area contributed by atoms with Crippen LogP contribution in [0.3, 0.4) is 0 Å². The first-order valence-corrected chi connectivity index (χ1v) is 7.85. The highest BCUT2D eigenvalue weighted by Gasteiger charge is 2.10. The normalized spacial score (nSPS) is 12.8. The summed E-state index contributed by atoms with van der Waals surface area (Å²) in [5, 5.41) is 4.70. The van der Waals surface area contributed by atoms with Crippen LogP contribution >= 0.6 is 11.3 Å². The predicted molar refractivity (Wildman–Crippen MR) is 81.7 cm³/mol. The van der Waals surface area contributed by atoms with Crippen LogP contribution in [0.2, 0.25) is 0 Å². The number of nitrogens with zero attached hydrogens (tertiary/aromatic N) is 2. The van der Waals surface area contributed by atoms with Gasteiger partial charge in [0.2, 0.25) is 0 Å². The molecule has 0 fully saturated rings. The van der Waals surface area contributed by atoms with Gasteiger partial charge in [0.05, 0.1) is 11.6 Å². The maximum atomic E-state index is 4.31. The highest BCUT2D eigenvalue weighted by molar-refractivity contribution is 7.11. The van der Waals surface area contributed by atoms with Crippen molar-refractivity contribution >= 4 is 11.3 Å². The van der Waals surface area contributed by atoms with E-state index in [0.29, 0.717) is 6.04 Å². The molecule has 0 saturated heterocycles. The molecule has 2 rings (SSSR count). The Hall–Kier alpha value is -1.13. The van der Waals surface area contributed by atoms with Crippen molar-refractivity contribution in [2.45, 2.75) is 46.2 Å². The van der Waals surface area contributed by atoms with Gasteiger partial charge in [-0.05, 0) is 31.5 Å². The van der Waals surface area contributed by atoms with E-state index >= 15 is 0 Å². The summed E-state index contributed by atoms with van der Waals surface area (Å²) in [5.41, 5.74) is 1.39. The fourth-order valence-corrected chi connectivity index (χ4v) is 3.15. The van der Waals surface area contributed by atoms with Crippen molar-refractivity contribution in [2.24, 2.45) is 0 Å². The third-order valence-corrected chi connectivity index (χ3v) is 4.11. The monoisotopic (exact) mass is 277 g/mol. The Kier molecular flexibility index (Phi) is 5.16. The summed E-state index contributed by atoms with van der Waals surface area (Å²) in [6, 6.07) is 2.72. The molecule has 2 heterocycles. The lowest BCUT2D eigenvalue weighted by atomic mass is 10.1. The SMILES string of the molecule is CCCC(NCC)c1ccn(Cc2cnc(C)s2)c1. The van der Waals surface area contributed by atoms with Gasteiger partial charge in [-0.15, -0.1) is 11.3 Å². The van der Waals surface area contributed by atoms with Crippen molar-refractivity contribution in [1.82, 2.24) is 14.9 Å². The number of hydrogen-bond acceptors (Lipinski definition) is 3. The highest BCUT2D eigenvalue weighted by Crippen LogP contribution is 2.20. The van der Waals surface area contributed by atoms with Crippen LogP contribution in [0.1, 0.15) is 48.2 Å². The summed E-state index contributed by atoms with van der Waals surface area (Å²) < 4.78 is 2.25. The van der Waals surface area contributed by atoms with E-state index in [1.54, 1.807) is 11.3 Å². The smallest absolute Gasteiger partial charge is 0.0897 e. The van der Waals surface area contributed by atoms with E-state index in [-0.39, 0.29) is 0 Å². The van der Waals surface area contributed by atoms with E-state index in [1.807, 2.05) is 6.20 Å². The summed E-state index contributed by atoms with van der Waals surface area (Å²) in [7, 11) is 0. The van der Waals surface area contributed by atoms with Gasteiger partial charge in [-0.25, -0.2) is 4.98 Å². The van der Waals surface area contributed by atoms with Crippen LogP contribution in [-0.4, -0.2) is 16.1 Å². The second-order valence-corrected chi connectivity index (χ2v) is 6.18. The zero-order valence-electron chi connectivity index (χ0n) is 12.0. The lowest BCUT2D eigenvalue weighted by Crippen LogP contribution is -2.20. The molecule has 2 aromatic rings. The van der Waals surface area contributed by atoms with Crippen LogP contribution in [0.15, 0.2) is 24.7 Å². The fourth-order valence-electron chi connectivity index (χ4n) is 2.34. The average Bonchev–Trinajstić information content (AvgIpc) is 2.99. The minimum Gasteiger partial charge on any atom is -0.349 e. The third-order valence-electron chi connectivity index (χ3n) is 3.21. The second-order valence-electron chi connectivity index (χ2n) is 4.86. The fraction of sp³-hybridized carbons (Fsp3) is 0.533. The molecule has 1 N–H and O–H groups in total. The Morgan fingerprint density at radius 2 is 2.26 bits per heavy atom. The summed E-state index contributed by atoms with van der Waals surface area (Å²) in [5.74, 6) is 0. The van der Waals surface area contributed by atoms with Crippen LogP contribution in [0.5, 0.6) is 0 Å². The van der Waals surface area contributed by atoms with E-state index in [1.165, 1.54) is 23.3 Å². The highest BCUT2D eigenvalue weighted by atomic mass is 32.1. The van der Waals surface area contributed by atoms with Crippen molar-refractivity contribution < 1.29 is 0 Å². The second kappa shape index (κ2) is 6.87. The molecule has 0 saturated carbocycles. The number of hydrogen-bond donors (Lipinski definition) is 1. The molecule has 0 aliphatic carbocycles. The molecule has 3 nitrogen and oxygen atoms in total. The van der Waals surface area contributed by atoms with E-state index < -0.39 is 0 Å². The van der Waals surface area contributed by atoms with Gasteiger partial charge >= 0.3 is 0 Å². The third kappa shape index (κ3) is 3.91. The molecule has 19 heavy (non-hydrogen) atoms. The molecule has 0 aliphatic heterocycles. The minimum absolute atomic E-state index is 0.486. The van der Waals surface area contributed by atoms with Gasteiger partial charge in [0.15, 0.2) is 0 Å². The van der Waals surface area contributed by atoms with E-state index in [2.05, 4.69) is 54.1 Å². The van der Waals surface area contributed by atoms with Crippen molar-refractivity contribution in [1.29, 1.82) is 0 Å². The quantitative estimate of drug-likeness (QED) is 0.835. The zero-order valence-corrected chi connectivity index (χ0v) is 12.8. The van der Waals surface area contributed by atoms with Gasteiger partial charge < -0.3 is 9.88 Å².